The van der Waals surface area contributed by atoms with Crippen LogP contribution in [0.15, 0.2) is 42.5 Å². The Morgan fingerprint density at radius 3 is 1.85 bits per heavy atom. The first-order valence-corrected chi connectivity index (χ1v) is 7.55. The van der Waals surface area contributed by atoms with Crippen molar-refractivity contribution in [2.75, 3.05) is 11.5 Å². The van der Waals surface area contributed by atoms with Crippen molar-refractivity contribution in [1.29, 1.82) is 0 Å². The van der Waals surface area contributed by atoms with Crippen LogP contribution in [-0.2, 0) is 0 Å². The molecule has 2 aromatic carbocycles. The number of nitrogen functional groups attached to an aromatic ring is 2. The van der Waals surface area contributed by atoms with Crippen LogP contribution in [0.4, 0.5) is 11.4 Å². The quantitative estimate of drug-likeness (QED) is 0.243. The molecule has 0 aliphatic carbocycles. The monoisotopic (exact) mass is 373 g/mol. The summed E-state index contributed by atoms with van der Waals surface area (Å²) < 4.78 is 0. The molecule has 0 radical (unpaired) electrons. The lowest BCUT2D eigenvalue weighted by atomic mass is 9.94. The fourth-order valence-electron chi connectivity index (χ4n) is 2.60. The third kappa shape index (κ3) is 4.15. The van der Waals surface area contributed by atoms with E-state index in [0.717, 1.165) is 5.56 Å². The standard InChI is InChI=1S/C16H15N5O6/c17-12-8-9-13(18)14(11(12)7-6-10-4-2-1-3-5-10)15(19(22)23)16(20(24)25)21(26)27/h1-9,15-16H,17-18H2. The first-order valence-electron chi connectivity index (χ1n) is 7.55. The van der Waals surface area contributed by atoms with Crippen molar-refractivity contribution in [2.45, 2.75) is 12.2 Å². The van der Waals surface area contributed by atoms with Crippen molar-refractivity contribution < 1.29 is 14.8 Å². The van der Waals surface area contributed by atoms with E-state index < -0.39 is 27.0 Å². The van der Waals surface area contributed by atoms with Crippen LogP contribution in [0.3, 0.4) is 0 Å². The minimum Gasteiger partial charge on any atom is -0.398 e. The second-order valence-electron chi connectivity index (χ2n) is 5.53. The second-order valence-corrected chi connectivity index (χ2v) is 5.53. The molecule has 0 aliphatic heterocycles. The number of nitrogens with zero attached hydrogens (tertiary/aromatic N) is 3. The van der Waals surface area contributed by atoms with Gasteiger partial charge in [0.15, 0.2) is 0 Å². The van der Waals surface area contributed by atoms with Crippen LogP contribution in [0.25, 0.3) is 12.2 Å². The van der Waals surface area contributed by atoms with Crippen LogP contribution in [0.2, 0.25) is 0 Å². The van der Waals surface area contributed by atoms with Gasteiger partial charge in [-0.05, 0) is 17.7 Å². The molecule has 0 bridgehead atoms. The third-order valence-electron chi connectivity index (χ3n) is 3.83. The van der Waals surface area contributed by atoms with E-state index in [2.05, 4.69) is 0 Å². The van der Waals surface area contributed by atoms with Crippen LogP contribution in [-0.4, -0.2) is 20.9 Å². The molecule has 140 valence electrons. The van der Waals surface area contributed by atoms with E-state index in [0.29, 0.717) is 0 Å². The highest BCUT2D eigenvalue weighted by molar-refractivity contribution is 5.81. The summed E-state index contributed by atoms with van der Waals surface area (Å²) in [7, 11) is 0. The molecular weight excluding hydrogens is 358 g/mol. The lowest BCUT2D eigenvalue weighted by molar-refractivity contribution is -0.786. The molecule has 11 heteroatoms. The summed E-state index contributed by atoms with van der Waals surface area (Å²) in [4.78, 5) is 30.0. The number of hydrogen-bond acceptors (Lipinski definition) is 8. The van der Waals surface area contributed by atoms with Crippen molar-refractivity contribution in [2.24, 2.45) is 0 Å². The van der Waals surface area contributed by atoms with E-state index in [-0.39, 0.29) is 22.5 Å². The van der Waals surface area contributed by atoms with E-state index in [1.54, 1.807) is 36.4 Å². The average Bonchev–Trinajstić information content (AvgIpc) is 2.60. The molecule has 11 nitrogen and oxygen atoms in total. The van der Waals surface area contributed by atoms with E-state index in [1.165, 1.54) is 18.2 Å². The van der Waals surface area contributed by atoms with Gasteiger partial charge in [-0.15, -0.1) is 0 Å². The van der Waals surface area contributed by atoms with Gasteiger partial charge in [0.2, 0.25) is 0 Å². The zero-order valence-corrected chi connectivity index (χ0v) is 13.8. The largest absolute Gasteiger partial charge is 0.519 e. The smallest absolute Gasteiger partial charge is 0.398 e. The first kappa shape index (κ1) is 19.3. The van der Waals surface area contributed by atoms with Crippen LogP contribution < -0.4 is 11.5 Å². The molecule has 2 rings (SSSR count). The highest BCUT2D eigenvalue weighted by Crippen LogP contribution is 2.35. The Kier molecular flexibility index (Phi) is 5.65. The summed E-state index contributed by atoms with van der Waals surface area (Å²) >= 11 is 0. The zero-order chi connectivity index (χ0) is 20.1. The lowest BCUT2D eigenvalue weighted by Crippen LogP contribution is -2.39. The number of anilines is 2. The highest BCUT2D eigenvalue weighted by atomic mass is 16.7. The molecular formula is C16H15N5O6. The Bertz CT molecular complexity index is 901. The first-order chi connectivity index (χ1) is 12.7. The maximum absolute atomic E-state index is 11.5. The van der Waals surface area contributed by atoms with Gasteiger partial charge >= 0.3 is 12.2 Å². The Morgan fingerprint density at radius 1 is 0.778 bits per heavy atom. The lowest BCUT2D eigenvalue weighted by Gasteiger charge is -2.15. The second kappa shape index (κ2) is 7.91. The number of nitro groups is 3. The predicted octanol–water partition coefficient (Wildman–Crippen LogP) is 2.22. The molecule has 0 amide bonds. The molecule has 2 aromatic rings. The molecule has 0 fully saturated rings. The summed E-state index contributed by atoms with van der Waals surface area (Å²) in [6, 6.07) is 9.09. The molecule has 1 unspecified atom stereocenters. The fourth-order valence-corrected chi connectivity index (χ4v) is 2.60. The van der Waals surface area contributed by atoms with E-state index in [9.17, 15) is 30.3 Å². The van der Waals surface area contributed by atoms with E-state index >= 15 is 0 Å². The van der Waals surface area contributed by atoms with Gasteiger partial charge in [0.1, 0.15) is 9.85 Å². The van der Waals surface area contributed by atoms with Crippen molar-refractivity contribution in [3.63, 3.8) is 0 Å². The Labute approximate surface area is 152 Å². The molecule has 27 heavy (non-hydrogen) atoms. The third-order valence-corrected chi connectivity index (χ3v) is 3.83. The van der Waals surface area contributed by atoms with Crippen molar-refractivity contribution in [3.05, 3.63) is 89.5 Å². The number of benzene rings is 2. The molecule has 0 spiro atoms. The minimum absolute atomic E-state index is 0.0225. The van der Waals surface area contributed by atoms with Gasteiger partial charge < -0.3 is 11.5 Å². The molecule has 0 aromatic heterocycles. The molecule has 4 N–H and O–H groups in total. The van der Waals surface area contributed by atoms with E-state index in [1.807, 2.05) is 0 Å². The van der Waals surface area contributed by atoms with Gasteiger partial charge in [-0.1, -0.05) is 42.5 Å². The zero-order valence-electron chi connectivity index (χ0n) is 13.8. The molecule has 0 saturated heterocycles. The van der Waals surface area contributed by atoms with Crippen LogP contribution in [0.1, 0.15) is 22.7 Å². The fraction of sp³-hybridized carbons (Fsp3) is 0.125. The van der Waals surface area contributed by atoms with Crippen LogP contribution in [0.5, 0.6) is 0 Å². The summed E-state index contributed by atoms with van der Waals surface area (Å²) in [6.45, 7) is 0. The maximum atomic E-state index is 11.5. The Hall–Kier alpha value is -4.02. The average molecular weight is 373 g/mol. The summed E-state index contributed by atoms with van der Waals surface area (Å²) in [5.74, 6) is 0. The number of hydrogen-bond donors (Lipinski definition) is 2. The van der Waals surface area contributed by atoms with Crippen molar-refractivity contribution in [1.82, 2.24) is 0 Å². The molecule has 0 heterocycles. The van der Waals surface area contributed by atoms with Gasteiger partial charge in [0.05, 0.1) is 5.56 Å². The van der Waals surface area contributed by atoms with Gasteiger partial charge in [-0.25, -0.2) is 0 Å². The van der Waals surface area contributed by atoms with Gasteiger partial charge in [-0.2, -0.15) is 0 Å². The Balaban J connectivity index is 2.68. The van der Waals surface area contributed by atoms with Crippen LogP contribution in [0, 0.1) is 30.3 Å². The summed E-state index contributed by atoms with van der Waals surface area (Å²) in [5.41, 5.74) is 11.9. The van der Waals surface area contributed by atoms with Crippen molar-refractivity contribution in [3.8, 4) is 0 Å². The number of rotatable bonds is 7. The SMILES string of the molecule is Nc1ccc(N)c(C(C([N+](=O)[O-])[N+](=O)[O-])[N+](=O)[O-])c1C=Cc1ccccc1. The molecule has 1 atom stereocenters. The van der Waals surface area contributed by atoms with Gasteiger partial charge in [0, 0.05) is 21.9 Å². The van der Waals surface area contributed by atoms with E-state index in [4.69, 9.17) is 11.5 Å². The summed E-state index contributed by atoms with van der Waals surface area (Å²) in [6.07, 6.45) is 0.246. The number of nitrogens with two attached hydrogens (primary N) is 2. The normalized spacial score (nSPS) is 12.2. The maximum Gasteiger partial charge on any atom is 0.519 e. The van der Waals surface area contributed by atoms with Crippen molar-refractivity contribution >= 4 is 23.5 Å². The van der Waals surface area contributed by atoms with Gasteiger partial charge in [-0.3, -0.25) is 30.3 Å². The summed E-state index contributed by atoms with van der Waals surface area (Å²) in [5, 5.41) is 33.7. The Morgan fingerprint density at radius 2 is 1.33 bits per heavy atom. The molecule has 0 aliphatic rings. The van der Waals surface area contributed by atoms with Crippen LogP contribution >= 0.6 is 0 Å². The topological polar surface area (TPSA) is 181 Å². The van der Waals surface area contributed by atoms with Gasteiger partial charge in [0.25, 0.3) is 0 Å². The minimum atomic E-state index is -2.71. The molecule has 0 saturated carbocycles. The highest BCUT2D eigenvalue weighted by Gasteiger charge is 2.54. The predicted molar refractivity (Wildman–Crippen MR) is 98.1 cm³/mol.